The highest BCUT2D eigenvalue weighted by atomic mass is 79.9. The fourth-order valence-corrected chi connectivity index (χ4v) is 3.95. The van der Waals surface area contributed by atoms with E-state index >= 15 is 0 Å². The molecule has 12 heteroatoms. The minimum Gasteiger partial charge on any atom is -0.465 e. The molecule has 178 valence electrons. The summed E-state index contributed by atoms with van der Waals surface area (Å²) in [5, 5.41) is 11.8. The number of carbonyl (C=O) groups excluding carboxylic acids is 1. The van der Waals surface area contributed by atoms with Crippen molar-refractivity contribution in [2.75, 3.05) is 13.1 Å². The van der Waals surface area contributed by atoms with Gasteiger partial charge >= 0.3 is 18.4 Å². The summed E-state index contributed by atoms with van der Waals surface area (Å²) < 4.78 is 79.5. The topological polar surface area (TPSA) is 69.6 Å². The van der Waals surface area contributed by atoms with E-state index in [1.807, 2.05) is 0 Å². The summed E-state index contributed by atoms with van der Waals surface area (Å²) in [7, 11) is 0. The van der Waals surface area contributed by atoms with Crippen LogP contribution in [0.2, 0.25) is 0 Å². The number of carboxylic acid groups (broad SMARTS) is 1. The van der Waals surface area contributed by atoms with E-state index in [4.69, 9.17) is 0 Å². The molecule has 2 amide bonds. The molecule has 1 aliphatic heterocycles. The summed E-state index contributed by atoms with van der Waals surface area (Å²) in [6.07, 6.45) is -11.2. The summed E-state index contributed by atoms with van der Waals surface area (Å²) in [5.41, 5.74) is -3.30. The molecule has 0 bridgehead atoms. The molecule has 1 aliphatic rings. The summed E-state index contributed by atoms with van der Waals surface area (Å²) in [6.45, 7) is 0.0437. The molecule has 2 aromatic carbocycles. The lowest BCUT2D eigenvalue weighted by Crippen LogP contribution is -2.51. The Hall–Kier alpha value is -2.76. The minimum atomic E-state index is -5.08. The van der Waals surface area contributed by atoms with Gasteiger partial charge in [-0.15, -0.1) is 0 Å². The molecule has 2 aromatic rings. The van der Waals surface area contributed by atoms with E-state index in [-0.39, 0.29) is 25.6 Å². The molecule has 5 nitrogen and oxygen atoms in total. The first kappa shape index (κ1) is 24.9. The number of hydrogen-bond donors (Lipinski definition) is 2. The number of likely N-dealkylation sites (tertiary alicyclic amines) is 1. The first-order chi connectivity index (χ1) is 15.3. The van der Waals surface area contributed by atoms with E-state index in [1.165, 1.54) is 0 Å². The normalized spacial score (nSPS) is 19.3. The van der Waals surface area contributed by atoms with Crippen molar-refractivity contribution in [3.63, 3.8) is 0 Å². The molecular formula is C21H17BrF6N2O3. The number of alkyl halides is 6. The second-order valence-electron chi connectivity index (χ2n) is 7.55. The van der Waals surface area contributed by atoms with Crippen LogP contribution in [0.5, 0.6) is 0 Å². The van der Waals surface area contributed by atoms with Gasteiger partial charge < -0.3 is 15.3 Å². The Morgan fingerprint density at radius 2 is 1.52 bits per heavy atom. The van der Waals surface area contributed by atoms with E-state index in [0.29, 0.717) is 17.7 Å². The summed E-state index contributed by atoms with van der Waals surface area (Å²) in [5.74, 6) is -1.66. The summed E-state index contributed by atoms with van der Waals surface area (Å²) in [4.78, 5) is 25.3. The number of carbonyl (C=O) groups is 2. The highest BCUT2D eigenvalue weighted by Gasteiger charge is 2.38. The van der Waals surface area contributed by atoms with Gasteiger partial charge in [-0.25, -0.2) is 4.79 Å². The third-order valence-corrected chi connectivity index (χ3v) is 5.88. The maximum atomic E-state index is 13.1. The van der Waals surface area contributed by atoms with Crippen LogP contribution in [0.3, 0.4) is 0 Å². The minimum absolute atomic E-state index is 0.00168. The average Bonchev–Trinajstić information content (AvgIpc) is 2.73. The predicted molar refractivity (Wildman–Crippen MR) is 109 cm³/mol. The predicted octanol–water partition coefficient (Wildman–Crippen LogP) is 5.75. The molecule has 2 atom stereocenters. The van der Waals surface area contributed by atoms with Gasteiger partial charge in [0.15, 0.2) is 0 Å². The van der Waals surface area contributed by atoms with Gasteiger partial charge in [0, 0.05) is 35.1 Å². The molecule has 0 saturated carbocycles. The maximum Gasteiger partial charge on any atom is 0.416 e. The van der Waals surface area contributed by atoms with E-state index < -0.39 is 53.0 Å². The molecule has 0 radical (unpaired) electrons. The maximum absolute atomic E-state index is 13.1. The van der Waals surface area contributed by atoms with Crippen molar-refractivity contribution in [1.82, 2.24) is 10.2 Å². The van der Waals surface area contributed by atoms with Crippen LogP contribution in [-0.4, -0.2) is 41.1 Å². The van der Waals surface area contributed by atoms with E-state index in [2.05, 4.69) is 21.2 Å². The second-order valence-corrected chi connectivity index (χ2v) is 8.47. The highest BCUT2D eigenvalue weighted by Crippen LogP contribution is 2.36. The zero-order valence-electron chi connectivity index (χ0n) is 16.7. The molecule has 0 aromatic heterocycles. The average molecular weight is 539 g/mol. The van der Waals surface area contributed by atoms with Crippen molar-refractivity contribution in [3.8, 4) is 0 Å². The number of nitrogens with one attached hydrogen (secondary N) is 1. The van der Waals surface area contributed by atoms with Gasteiger partial charge in [0.25, 0.3) is 5.91 Å². The van der Waals surface area contributed by atoms with E-state index in [1.54, 1.807) is 24.3 Å². The van der Waals surface area contributed by atoms with Crippen molar-refractivity contribution >= 4 is 27.9 Å². The zero-order chi connectivity index (χ0) is 24.6. The van der Waals surface area contributed by atoms with Crippen LogP contribution in [0.4, 0.5) is 31.1 Å². The Bertz CT molecular complexity index is 1010. The number of benzene rings is 2. The van der Waals surface area contributed by atoms with E-state index in [9.17, 15) is 41.0 Å². The molecule has 1 fully saturated rings. The smallest absolute Gasteiger partial charge is 0.416 e. The Balaban J connectivity index is 1.92. The second kappa shape index (κ2) is 9.24. The van der Waals surface area contributed by atoms with Gasteiger partial charge in [0.05, 0.1) is 11.1 Å². The fourth-order valence-electron chi connectivity index (χ4n) is 3.68. The van der Waals surface area contributed by atoms with Crippen molar-refractivity contribution < 1.29 is 41.0 Å². The largest absolute Gasteiger partial charge is 0.465 e. The highest BCUT2D eigenvalue weighted by molar-refractivity contribution is 9.10. The third kappa shape index (κ3) is 5.98. The fraction of sp³-hybridized carbons (Fsp3) is 0.333. The van der Waals surface area contributed by atoms with Gasteiger partial charge in [-0.05, 0) is 42.3 Å². The lowest BCUT2D eigenvalue weighted by atomic mass is 9.86. The van der Waals surface area contributed by atoms with Crippen LogP contribution in [0, 0.1) is 0 Å². The summed E-state index contributed by atoms with van der Waals surface area (Å²) >= 11 is 3.28. The first-order valence-corrected chi connectivity index (χ1v) is 10.4. The Morgan fingerprint density at radius 3 is 2.00 bits per heavy atom. The van der Waals surface area contributed by atoms with Crippen LogP contribution >= 0.6 is 15.9 Å². The van der Waals surface area contributed by atoms with Crippen molar-refractivity contribution in [2.45, 2.75) is 30.7 Å². The molecule has 1 heterocycles. The van der Waals surface area contributed by atoms with Crippen LogP contribution in [0.1, 0.15) is 39.4 Å². The van der Waals surface area contributed by atoms with Crippen LogP contribution in [0.25, 0.3) is 0 Å². The molecule has 2 unspecified atom stereocenters. The molecule has 33 heavy (non-hydrogen) atoms. The van der Waals surface area contributed by atoms with Gasteiger partial charge in [0.2, 0.25) is 0 Å². The van der Waals surface area contributed by atoms with Crippen molar-refractivity contribution in [1.29, 1.82) is 0 Å². The third-order valence-electron chi connectivity index (χ3n) is 5.35. The van der Waals surface area contributed by atoms with Crippen LogP contribution < -0.4 is 5.32 Å². The van der Waals surface area contributed by atoms with Crippen molar-refractivity contribution in [3.05, 3.63) is 69.2 Å². The summed E-state index contributed by atoms with van der Waals surface area (Å²) in [6, 6.07) is 6.78. The van der Waals surface area contributed by atoms with Crippen LogP contribution in [0.15, 0.2) is 46.9 Å². The SMILES string of the molecule is O=C(NC1CCN(C(=O)O)CC1c1ccc(Br)cc1)c1cc(C(F)(F)F)cc(C(F)(F)F)c1. The van der Waals surface area contributed by atoms with Gasteiger partial charge in [-0.1, -0.05) is 28.1 Å². The monoisotopic (exact) mass is 538 g/mol. The molecule has 1 saturated heterocycles. The van der Waals surface area contributed by atoms with E-state index in [0.717, 1.165) is 9.37 Å². The lowest BCUT2D eigenvalue weighted by molar-refractivity contribution is -0.143. The first-order valence-electron chi connectivity index (χ1n) is 9.59. The molecule has 2 N–H and O–H groups in total. The Morgan fingerprint density at radius 1 is 0.970 bits per heavy atom. The van der Waals surface area contributed by atoms with Gasteiger partial charge in [-0.3, -0.25) is 4.79 Å². The number of piperidine rings is 1. The van der Waals surface area contributed by atoms with Crippen molar-refractivity contribution in [2.24, 2.45) is 0 Å². The zero-order valence-corrected chi connectivity index (χ0v) is 18.3. The number of amides is 2. The molecule has 0 spiro atoms. The number of nitrogens with zero attached hydrogens (tertiary/aromatic N) is 1. The Labute approximate surface area is 192 Å². The van der Waals surface area contributed by atoms with Gasteiger partial charge in [0.1, 0.15) is 0 Å². The van der Waals surface area contributed by atoms with Crippen LogP contribution in [-0.2, 0) is 12.4 Å². The van der Waals surface area contributed by atoms with Gasteiger partial charge in [-0.2, -0.15) is 26.3 Å². The number of rotatable bonds is 3. The molecule has 0 aliphatic carbocycles. The quantitative estimate of drug-likeness (QED) is 0.488. The number of halogens is 7. The standard InChI is InChI=1S/C21H17BrF6N2O3/c22-15-3-1-11(2-4-15)16-10-30(19(32)33)6-5-17(16)29-18(31)12-7-13(20(23,24)25)9-14(8-12)21(26,27)28/h1-4,7-9,16-17H,5-6,10H2,(H,29,31)(H,32,33). The lowest BCUT2D eigenvalue weighted by Gasteiger charge is -2.38. The Kier molecular flexibility index (Phi) is 6.96. The number of hydrogen-bond acceptors (Lipinski definition) is 2. The molecule has 3 rings (SSSR count). The molecular weight excluding hydrogens is 522 g/mol.